The molecular formula is C19H28N2O4. The second-order valence-electron chi connectivity index (χ2n) is 6.71. The van der Waals surface area contributed by atoms with Crippen LogP contribution in [-0.4, -0.2) is 48.8 Å². The van der Waals surface area contributed by atoms with Crippen LogP contribution in [0.3, 0.4) is 0 Å². The van der Waals surface area contributed by atoms with Crippen LogP contribution in [-0.2, 0) is 11.2 Å². The summed E-state index contributed by atoms with van der Waals surface area (Å²) in [5.74, 6) is -0.131. The van der Waals surface area contributed by atoms with Gasteiger partial charge in [-0.25, -0.2) is 4.79 Å². The summed E-state index contributed by atoms with van der Waals surface area (Å²) in [6, 6.07) is 7.98. The van der Waals surface area contributed by atoms with Crippen molar-refractivity contribution in [3.63, 3.8) is 0 Å². The quantitative estimate of drug-likeness (QED) is 0.794. The van der Waals surface area contributed by atoms with Gasteiger partial charge >= 0.3 is 12.0 Å². The molecule has 1 aliphatic rings. The first-order valence-corrected chi connectivity index (χ1v) is 8.87. The van der Waals surface area contributed by atoms with Crippen molar-refractivity contribution in [1.29, 1.82) is 0 Å². The van der Waals surface area contributed by atoms with E-state index in [2.05, 4.69) is 5.32 Å². The van der Waals surface area contributed by atoms with Crippen molar-refractivity contribution in [1.82, 2.24) is 10.2 Å². The summed E-state index contributed by atoms with van der Waals surface area (Å²) in [4.78, 5) is 24.9. The minimum Gasteiger partial charge on any atom is -0.497 e. The van der Waals surface area contributed by atoms with Crippen LogP contribution in [0.1, 0.15) is 37.7 Å². The van der Waals surface area contributed by atoms with Crippen LogP contribution >= 0.6 is 0 Å². The smallest absolute Gasteiger partial charge is 0.317 e. The Balaban J connectivity index is 1.67. The molecule has 0 radical (unpaired) electrons. The monoisotopic (exact) mass is 348 g/mol. The van der Waals surface area contributed by atoms with E-state index >= 15 is 0 Å². The SMILES string of the molecule is COc1ccc(CCCN(C)C(=O)NC2CCC(C(=O)O)CC2)cc1. The number of aryl methyl sites for hydroxylation is 1. The second kappa shape index (κ2) is 9.30. The van der Waals surface area contributed by atoms with E-state index in [1.165, 1.54) is 5.56 Å². The van der Waals surface area contributed by atoms with Gasteiger partial charge in [-0.2, -0.15) is 0 Å². The summed E-state index contributed by atoms with van der Waals surface area (Å²) in [7, 11) is 3.45. The minimum absolute atomic E-state index is 0.0755. The van der Waals surface area contributed by atoms with Crippen molar-refractivity contribution in [3.8, 4) is 5.75 Å². The Labute approximate surface area is 149 Å². The van der Waals surface area contributed by atoms with Gasteiger partial charge in [0.25, 0.3) is 0 Å². The van der Waals surface area contributed by atoms with Gasteiger partial charge in [-0.05, 0) is 56.2 Å². The number of aliphatic carboxylic acids is 1. The van der Waals surface area contributed by atoms with Gasteiger partial charge in [0.1, 0.15) is 5.75 Å². The molecule has 6 heteroatoms. The highest BCUT2D eigenvalue weighted by molar-refractivity contribution is 5.74. The summed E-state index contributed by atoms with van der Waals surface area (Å²) in [6.45, 7) is 0.683. The lowest BCUT2D eigenvalue weighted by molar-refractivity contribution is -0.142. The molecule has 0 aliphatic heterocycles. The van der Waals surface area contributed by atoms with E-state index in [0.29, 0.717) is 19.4 Å². The number of methoxy groups -OCH3 is 1. The maximum Gasteiger partial charge on any atom is 0.317 e. The standard InChI is InChI=1S/C19H28N2O4/c1-21(13-3-4-14-5-11-17(25-2)12-6-14)19(24)20-16-9-7-15(8-10-16)18(22)23/h5-6,11-12,15-16H,3-4,7-10,13H2,1-2H3,(H,20,24)(H,22,23). The molecule has 0 spiro atoms. The fourth-order valence-corrected chi connectivity index (χ4v) is 3.18. The first kappa shape index (κ1) is 19.1. The van der Waals surface area contributed by atoms with Gasteiger partial charge in [0.15, 0.2) is 0 Å². The molecule has 0 saturated heterocycles. The van der Waals surface area contributed by atoms with Crippen molar-refractivity contribution in [2.24, 2.45) is 5.92 Å². The number of amides is 2. The summed E-state index contributed by atoms with van der Waals surface area (Å²) < 4.78 is 5.14. The van der Waals surface area contributed by atoms with E-state index in [1.807, 2.05) is 24.3 Å². The molecule has 2 amide bonds. The van der Waals surface area contributed by atoms with E-state index < -0.39 is 5.97 Å². The number of carbonyl (C=O) groups excluding carboxylic acids is 1. The van der Waals surface area contributed by atoms with Crippen LogP contribution in [0.15, 0.2) is 24.3 Å². The van der Waals surface area contributed by atoms with Gasteiger partial charge in [-0.3, -0.25) is 4.79 Å². The number of rotatable bonds is 7. The van der Waals surface area contributed by atoms with Crippen molar-refractivity contribution in [2.75, 3.05) is 20.7 Å². The fraction of sp³-hybridized carbons (Fsp3) is 0.579. The predicted octanol–water partition coefficient (Wildman–Crippen LogP) is 2.91. The highest BCUT2D eigenvalue weighted by Gasteiger charge is 2.27. The van der Waals surface area contributed by atoms with Gasteiger partial charge in [0.2, 0.25) is 0 Å². The van der Waals surface area contributed by atoms with Crippen LogP contribution in [0.2, 0.25) is 0 Å². The van der Waals surface area contributed by atoms with Gasteiger partial charge in [-0.15, -0.1) is 0 Å². The van der Waals surface area contributed by atoms with Crippen LogP contribution in [0.4, 0.5) is 4.79 Å². The number of nitrogens with one attached hydrogen (secondary N) is 1. The van der Waals surface area contributed by atoms with E-state index in [4.69, 9.17) is 9.84 Å². The summed E-state index contributed by atoms with van der Waals surface area (Å²) in [5.41, 5.74) is 1.22. The molecule has 1 fully saturated rings. The van der Waals surface area contributed by atoms with Crippen molar-refractivity contribution >= 4 is 12.0 Å². The molecule has 6 nitrogen and oxygen atoms in total. The van der Waals surface area contributed by atoms with Crippen molar-refractivity contribution in [3.05, 3.63) is 29.8 Å². The van der Waals surface area contributed by atoms with Crippen LogP contribution in [0.5, 0.6) is 5.75 Å². The highest BCUT2D eigenvalue weighted by atomic mass is 16.5. The number of hydrogen-bond acceptors (Lipinski definition) is 3. The summed E-state index contributed by atoms with van der Waals surface area (Å²) in [6.07, 6.45) is 4.56. The number of hydrogen-bond donors (Lipinski definition) is 2. The molecule has 0 unspecified atom stereocenters. The van der Waals surface area contributed by atoms with Crippen LogP contribution in [0.25, 0.3) is 0 Å². The normalized spacial score (nSPS) is 19.9. The number of urea groups is 1. The molecule has 0 aromatic heterocycles. The third-order valence-corrected chi connectivity index (χ3v) is 4.87. The first-order valence-electron chi connectivity index (χ1n) is 8.87. The molecule has 0 atom stereocenters. The lowest BCUT2D eigenvalue weighted by Crippen LogP contribution is -2.45. The van der Waals surface area contributed by atoms with Crippen molar-refractivity contribution in [2.45, 2.75) is 44.6 Å². The van der Waals surface area contributed by atoms with Gasteiger partial charge < -0.3 is 20.1 Å². The Kier molecular flexibility index (Phi) is 7.10. The Morgan fingerprint density at radius 3 is 2.40 bits per heavy atom. The van der Waals surface area contributed by atoms with E-state index in [-0.39, 0.29) is 18.0 Å². The Hall–Kier alpha value is -2.24. The van der Waals surface area contributed by atoms with E-state index in [9.17, 15) is 9.59 Å². The number of nitrogens with zero attached hydrogens (tertiary/aromatic N) is 1. The van der Waals surface area contributed by atoms with Crippen LogP contribution < -0.4 is 10.1 Å². The van der Waals surface area contributed by atoms with E-state index in [1.54, 1.807) is 19.1 Å². The molecule has 138 valence electrons. The first-order chi connectivity index (χ1) is 12.0. The molecular weight excluding hydrogens is 320 g/mol. The molecule has 0 bridgehead atoms. The number of carboxylic acid groups (broad SMARTS) is 1. The van der Waals surface area contributed by atoms with Crippen LogP contribution in [0, 0.1) is 5.92 Å². The minimum atomic E-state index is -0.722. The molecule has 1 aromatic rings. The zero-order valence-corrected chi connectivity index (χ0v) is 15.0. The molecule has 25 heavy (non-hydrogen) atoms. The maximum atomic E-state index is 12.2. The van der Waals surface area contributed by atoms with E-state index in [0.717, 1.165) is 31.4 Å². The molecule has 2 rings (SSSR count). The Morgan fingerprint density at radius 1 is 1.20 bits per heavy atom. The third kappa shape index (κ3) is 5.96. The van der Waals surface area contributed by atoms with Gasteiger partial charge in [0.05, 0.1) is 13.0 Å². The average Bonchev–Trinajstić information content (AvgIpc) is 2.62. The molecule has 1 aromatic carbocycles. The maximum absolute atomic E-state index is 12.2. The highest BCUT2D eigenvalue weighted by Crippen LogP contribution is 2.24. The largest absolute Gasteiger partial charge is 0.497 e. The Morgan fingerprint density at radius 2 is 1.84 bits per heavy atom. The number of benzene rings is 1. The average molecular weight is 348 g/mol. The summed E-state index contributed by atoms with van der Waals surface area (Å²) >= 11 is 0. The molecule has 0 heterocycles. The zero-order valence-electron chi connectivity index (χ0n) is 15.0. The number of carbonyl (C=O) groups is 2. The lowest BCUT2D eigenvalue weighted by atomic mass is 9.86. The number of carboxylic acids is 1. The molecule has 1 aliphatic carbocycles. The summed E-state index contributed by atoms with van der Waals surface area (Å²) in [5, 5.41) is 12.0. The topological polar surface area (TPSA) is 78.9 Å². The third-order valence-electron chi connectivity index (χ3n) is 4.87. The van der Waals surface area contributed by atoms with Gasteiger partial charge in [-0.1, -0.05) is 12.1 Å². The molecule has 2 N–H and O–H groups in total. The predicted molar refractivity (Wildman–Crippen MR) is 95.9 cm³/mol. The van der Waals surface area contributed by atoms with Crippen molar-refractivity contribution < 1.29 is 19.4 Å². The number of ether oxygens (including phenoxy) is 1. The fourth-order valence-electron chi connectivity index (χ4n) is 3.18. The second-order valence-corrected chi connectivity index (χ2v) is 6.71. The zero-order chi connectivity index (χ0) is 18.2. The molecule has 1 saturated carbocycles. The lowest BCUT2D eigenvalue weighted by Gasteiger charge is -2.28. The van der Waals surface area contributed by atoms with Gasteiger partial charge in [0, 0.05) is 19.6 Å². The Bertz CT molecular complexity index is 565.